The van der Waals surface area contributed by atoms with Crippen molar-refractivity contribution >= 4 is 11.9 Å². The lowest BCUT2D eigenvalue weighted by Crippen LogP contribution is -2.23. The second-order valence-electron chi connectivity index (χ2n) is 8.59. The Hall–Kier alpha value is -2.10. The molecule has 0 bridgehead atoms. The molecule has 28 heavy (non-hydrogen) atoms. The maximum Gasteiger partial charge on any atom is 0.335 e. The average Bonchev–Trinajstić information content (AvgIpc) is 3.43. The van der Waals surface area contributed by atoms with Gasteiger partial charge in [0.2, 0.25) is 0 Å². The van der Waals surface area contributed by atoms with Crippen LogP contribution in [0.4, 0.5) is 0 Å². The van der Waals surface area contributed by atoms with Crippen LogP contribution >= 0.6 is 0 Å². The lowest BCUT2D eigenvalue weighted by atomic mass is 10.00. The van der Waals surface area contributed by atoms with Gasteiger partial charge in [0.15, 0.2) is 0 Å². The highest BCUT2D eigenvalue weighted by molar-refractivity contribution is 5.92. The molecule has 0 aromatic heterocycles. The predicted molar refractivity (Wildman–Crippen MR) is 107 cm³/mol. The van der Waals surface area contributed by atoms with Crippen molar-refractivity contribution in [1.82, 2.24) is 0 Å². The highest BCUT2D eigenvalue weighted by Crippen LogP contribution is 2.41. The van der Waals surface area contributed by atoms with Crippen LogP contribution in [0.15, 0.2) is 47.6 Å². The number of hydrogen-bond donors (Lipinski definition) is 0. The molecule has 0 atom stereocenters. The second-order valence-corrected chi connectivity index (χ2v) is 8.59. The average molecular weight is 383 g/mol. The summed E-state index contributed by atoms with van der Waals surface area (Å²) in [5, 5.41) is 0. The molecule has 2 saturated carbocycles. The second kappa shape index (κ2) is 8.10. The third-order valence-electron chi connectivity index (χ3n) is 6.40. The molecule has 0 N–H and O–H groups in total. The first-order chi connectivity index (χ1) is 13.6. The maximum absolute atomic E-state index is 12.0. The summed E-state index contributed by atoms with van der Waals surface area (Å²) in [6.45, 7) is 0. The lowest BCUT2D eigenvalue weighted by molar-refractivity contribution is -0.147. The molecule has 2 fully saturated rings. The van der Waals surface area contributed by atoms with Crippen molar-refractivity contribution in [2.75, 3.05) is 0 Å². The molecule has 0 unspecified atom stereocenters. The van der Waals surface area contributed by atoms with Gasteiger partial charge in [-0.1, -0.05) is 24.3 Å². The fourth-order valence-electron chi connectivity index (χ4n) is 4.89. The highest BCUT2D eigenvalue weighted by Gasteiger charge is 2.42. The quantitative estimate of drug-likeness (QED) is 0.343. The van der Waals surface area contributed by atoms with Crippen LogP contribution in [0.5, 0.6) is 0 Å². The summed E-state index contributed by atoms with van der Waals surface area (Å²) in [5.74, 6) is -0.272. The van der Waals surface area contributed by atoms with E-state index < -0.39 is 0 Å². The highest BCUT2D eigenvalue weighted by atomic mass is 16.6. The summed E-state index contributed by atoms with van der Waals surface area (Å²) in [6.07, 6.45) is 24.2. The van der Waals surface area contributed by atoms with E-state index >= 15 is 0 Å². The number of esters is 2. The zero-order chi connectivity index (χ0) is 19.5. The third-order valence-corrected chi connectivity index (χ3v) is 6.40. The Bertz CT molecular complexity index is 677. The van der Waals surface area contributed by atoms with E-state index in [0.29, 0.717) is 12.8 Å². The van der Waals surface area contributed by atoms with Crippen LogP contribution in [0.2, 0.25) is 0 Å². The van der Waals surface area contributed by atoms with E-state index in [1.54, 1.807) is 0 Å². The van der Waals surface area contributed by atoms with Crippen molar-refractivity contribution < 1.29 is 19.1 Å². The Morgan fingerprint density at radius 3 is 1.46 bits per heavy atom. The first kappa shape index (κ1) is 19.2. The SMILES string of the molecule is O=C1OC2(C=C1C/C=C/CC/C=C/CC1=CC3(CCCC3)OC1=O)CCCC2. The van der Waals surface area contributed by atoms with Gasteiger partial charge in [0, 0.05) is 11.1 Å². The minimum atomic E-state index is -0.282. The topological polar surface area (TPSA) is 52.6 Å². The molecular weight excluding hydrogens is 352 g/mol. The molecule has 0 saturated heterocycles. The monoisotopic (exact) mass is 382 g/mol. The summed E-state index contributed by atoms with van der Waals surface area (Å²) in [7, 11) is 0. The van der Waals surface area contributed by atoms with Crippen LogP contribution in [0, 0.1) is 0 Å². The number of carbonyl (C=O) groups excluding carboxylic acids is 2. The van der Waals surface area contributed by atoms with Crippen LogP contribution in [0.25, 0.3) is 0 Å². The Labute approximate surface area is 167 Å². The van der Waals surface area contributed by atoms with Gasteiger partial charge in [-0.05, 0) is 89.2 Å². The zero-order valence-electron chi connectivity index (χ0n) is 16.6. The Kier molecular flexibility index (Phi) is 5.56. The molecular formula is C24H30O4. The first-order valence-electron chi connectivity index (χ1n) is 10.8. The smallest absolute Gasteiger partial charge is 0.335 e. The van der Waals surface area contributed by atoms with Gasteiger partial charge < -0.3 is 9.47 Å². The van der Waals surface area contributed by atoms with Crippen molar-refractivity contribution in [3.05, 3.63) is 47.6 Å². The minimum Gasteiger partial charge on any atom is -0.451 e. The molecule has 0 aromatic carbocycles. The summed E-state index contributed by atoms with van der Waals surface area (Å²) in [5.41, 5.74) is 1.05. The maximum atomic E-state index is 12.0. The molecule has 2 aliphatic heterocycles. The molecule has 2 spiro atoms. The summed E-state index contributed by atoms with van der Waals surface area (Å²) >= 11 is 0. The zero-order valence-corrected chi connectivity index (χ0v) is 16.6. The van der Waals surface area contributed by atoms with Crippen molar-refractivity contribution in [2.24, 2.45) is 0 Å². The molecule has 4 rings (SSSR count). The number of unbranched alkanes of at least 4 members (excludes halogenated alkanes) is 1. The number of rotatable bonds is 7. The van der Waals surface area contributed by atoms with Crippen LogP contribution in [-0.2, 0) is 19.1 Å². The molecule has 4 heteroatoms. The van der Waals surface area contributed by atoms with Crippen molar-refractivity contribution in [1.29, 1.82) is 0 Å². The van der Waals surface area contributed by atoms with E-state index in [1.807, 2.05) is 0 Å². The Morgan fingerprint density at radius 2 is 1.07 bits per heavy atom. The van der Waals surface area contributed by atoms with Gasteiger partial charge in [0.1, 0.15) is 11.2 Å². The summed E-state index contributed by atoms with van der Waals surface area (Å²) in [6, 6.07) is 0. The molecule has 0 aromatic rings. The molecule has 0 amide bonds. The third kappa shape index (κ3) is 4.16. The molecule has 0 radical (unpaired) electrons. The molecule has 2 aliphatic carbocycles. The van der Waals surface area contributed by atoms with Gasteiger partial charge in [-0.25, -0.2) is 9.59 Å². The van der Waals surface area contributed by atoms with Crippen molar-refractivity contribution in [3.63, 3.8) is 0 Å². The molecule has 4 nitrogen and oxygen atoms in total. The summed E-state index contributed by atoms with van der Waals surface area (Å²) < 4.78 is 11.2. The molecule has 4 aliphatic rings. The normalized spacial score (nSPS) is 25.3. The molecule has 150 valence electrons. The standard InChI is InChI=1S/C24H30O4/c25-21-19(17-23(27-21)13-7-8-14-23)11-5-3-1-2-4-6-12-20-18-24(28-22(20)26)15-9-10-16-24/h3-6,17-18H,1-2,7-16H2/b5-3+,6-4+. The van der Waals surface area contributed by atoms with E-state index in [9.17, 15) is 9.59 Å². The van der Waals surface area contributed by atoms with E-state index in [0.717, 1.165) is 75.4 Å². The van der Waals surface area contributed by atoms with Crippen molar-refractivity contribution in [2.45, 2.75) is 88.3 Å². The predicted octanol–water partition coefficient (Wildman–Crippen LogP) is 5.25. The number of hydrogen-bond acceptors (Lipinski definition) is 4. The van der Waals surface area contributed by atoms with Crippen LogP contribution < -0.4 is 0 Å². The molecule has 2 heterocycles. The van der Waals surface area contributed by atoms with Gasteiger partial charge in [-0.2, -0.15) is 0 Å². The van der Waals surface area contributed by atoms with E-state index in [4.69, 9.17) is 9.47 Å². The number of carbonyl (C=O) groups is 2. The van der Waals surface area contributed by atoms with Crippen molar-refractivity contribution in [3.8, 4) is 0 Å². The number of ether oxygens (including phenoxy) is 2. The van der Waals surface area contributed by atoms with Crippen LogP contribution in [0.3, 0.4) is 0 Å². The fourth-order valence-corrected chi connectivity index (χ4v) is 4.89. The van der Waals surface area contributed by atoms with E-state index in [2.05, 4.69) is 36.5 Å². The van der Waals surface area contributed by atoms with Gasteiger partial charge in [-0.3, -0.25) is 0 Å². The Morgan fingerprint density at radius 1 is 0.679 bits per heavy atom. The van der Waals surface area contributed by atoms with Gasteiger partial charge in [0.25, 0.3) is 0 Å². The fraction of sp³-hybridized carbons (Fsp3) is 0.583. The lowest BCUT2D eigenvalue weighted by Gasteiger charge is -2.18. The minimum absolute atomic E-state index is 0.136. The first-order valence-corrected chi connectivity index (χ1v) is 10.8. The van der Waals surface area contributed by atoms with Crippen LogP contribution in [-0.4, -0.2) is 23.1 Å². The van der Waals surface area contributed by atoms with E-state index in [-0.39, 0.29) is 23.1 Å². The van der Waals surface area contributed by atoms with Gasteiger partial charge in [0.05, 0.1) is 0 Å². The largest absolute Gasteiger partial charge is 0.451 e. The Balaban J connectivity index is 1.17. The summed E-state index contributed by atoms with van der Waals surface area (Å²) in [4.78, 5) is 24.0. The number of allylic oxidation sites excluding steroid dienone is 4. The van der Waals surface area contributed by atoms with Gasteiger partial charge in [-0.15, -0.1) is 0 Å². The van der Waals surface area contributed by atoms with Crippen LogP contribution in [0.1, 0.15) is 77.0 Å². The van der Waals surface area contributed by atoms with E-state index in [1.165, 1.54) is 0 Å². The van der Waals surface area contributed by atoms with Gasteiger partial charge >= 0.3 is 11.9 Å².